The second-order valence-corrected chi connectivity index (χ2v) is 7.57. The lowest BCUT2D eigenvalue weighted by Gasteiger charge is -2.24. The molecule has 1 heterocycles. The second-order valence-electron chi connectivity index (χ2n) is 5.88. The average molecular weight is 387 g/mol. The molecule has 0 bridgehead atoms. The fourth-order valence-corrected chi connectivity index (χ4v) is 3.64. The first-order valence-electron chi connectivity index (χ1n) is 7.97. The van der Waals surface area contributed by atoms with Gasteiger partial charge < -0.3 is 4.74 Å². The van der Waals surface area contributed by atoms with E-state index in [2.05, 4.69) is 15.3 Å². The number of carbonyl (C=O) groups is 2. The van der Waals surface area contributed by atoms with Crippen LogP contribution in [0.1, 0.15) is 22.7 Å². The molecule has 0 saturated heterocycles. The molecule has 0 spiro atoms. The number of hydrogen-bond acceptors (Lipinski definition) is 7. The molecule has 1 aliphatic heterocycles. The monoisotopic (exact) mass is 387 g/mol. The second kappa shape index (κ2) is 7.20. The number of fused-ring (bicyclic) bond motifs is 1. The molecule has 140 valence electrons. The molecule has 0 fully saturated rings. The molecule has 0 aliphatic carbocycles. The van der Waals surface area contributed by atoms with E-state index in [0.29, 0.717) is 11.1 Å². The van der Waals surface area contributed by atoms with E-state index >= 15 is 0 Å². The highest BCUT2D eigenvalue weighted by atomic mass is 32.2. The van der Waals surface area contributed by atoms with Gasteiger partial charge in [0.05, 0.1) is 12.0 Å². The van der Waals surface area contributed by atoms with Crippen LogP contribution in [0.4, 0.5) is 0 Å². The standard InChI is InChI=1S/C18H17N3O5S/c1-11-7-9-12(10-8-11)27(24,25)21-17(22)15-13-5-3-4-6-14(13)16(20-19-15)18(23)26-2/h3-10,15,19H,1-2H3,(H,21,22). The summed E-state index contributed by atoms with van der Waals surface area (Å²) in [6, 6.07) is 11.6. The smallest absolute Gasteiger partial charge is 0.359 e. The molecule has 0 saturated carbocycles. The molecular formula is C18H17N3O5S. The maximum atomic E-state index is 12.6. The largest absolute Gasteiger partial charge is 0.464 e. The van der Waals surface area contributed by atoms with Gasteiger partial charge in [0.1, 0.15) is 6.04 Å². The van der Waals surface area contributed by atoms with Crippen LogP contribution in [0, 0.1) is 6.92 Å². The summed E-state index contributed by atoms with van der Waals surface area (Å²) in [5.74, 6) is -1.48. The molecule has 2 aromatic rings. The van der Waals surface area contributed by atoms with Gasteiger partial charge in [0.2, 0.25) is 0 Å². The zero-order valence-electron chi connectivity index (χ0n) is 14.6. The van der Waals surface area contributed by atoms with E-state index in [1.165, 1.54) is 19.2 Å². The van der Waals surface area contributed by atoms with Crippen LogP contribution >= 0.6 is 0 Å². The number of hydrazone groups is 1. The van der Waals surface area contributed by atoms with Crippen molar-refractivity contribution in [3.05, 3.63) is 65.2 Å². The summed E-state index contributed by atoms with van der Waals surface area (Å²) in [4.78, 5) is 24.5. The molecule has 2 N–H and O–H groups in total. The molecule has 1 atom stereocenters. The molecule has 1 amide bonds. The van der Waals surface area contributed by atoms with Crippen molar-refractivity contribution in [2.45, 2.75) is 17.9 Å². The quantitative estimate of drug-likeness (QED) is 0.757. The number of hydrogen-bond donors (Lipinski definition) is 2. The first-order chi connectivity index (χ1) is 12.8. The van der Waals surface area contributed by atoms with Gasteiger partial charge >= 0.3 is 5.97 Å². The van der Waals surface area contributed by atoms with E-state index in [4.69, 9.17) is 0 Å². The summed E-state index contributed by atoms with van der Waals surface area (Å²) in [7, 11) is -2.82. The summed E-state index contributed by atoms with van der Waals surface area (Å²) in [6.07, 6.45) is 0. The van der Waals surface area contributed by atoms with Crippen molar-refractivity contribution in [1.29, 1.82) is 0 Å². The Balaban J connectivity index is 1.89. The lowest BCUT2D eigenvalue weighted by atomic mass is 9.95. The SMILES string of the molecule is COC(=O)C1=NNC(C(=O)NS(=O)(=O)c2ccc(C)cc2)c2ccccc21. The maximum Gasteiger partial charge on any atom is 0.359 e. The number of amides is 1. The van der Waals surface area contributed by atoms with Gasteiger partial charge in [0.15, 0.2) is 5.71 Å². The van der Waals surface area contributed by atoms with Crippen molar-refractivity contribution < 1.29 is 22.7 Å². The zero-order valence-corrected chi connectivity index (χ0v) is 15.4. The van der Waals surface area contributed by atoms with E-state index < -0.39 is 27.9 Å². The first kappa shape index (κ1) is 18.6. The number of nitrogens with zero attached hydrogens (tertiary/aromatic N) is 1. The van der Waals surface area contributed by atoms with Crippen molar-refractivity contribution in [1.82, 2.24) is 10.1 Å². The fraction of sp³-hybridized carbons (Fsp3) is 0.167. The van der Waals surface area contributed by atoms with Crippen molar-refractivity contribution in [3.63, 3.8) is 0 Å². The summed E-state index contributed by atoms with van der Waals surface area (Å²) in [5, 5.41) is 3.89. The van der Waals surface area contributed by atoms with Crippen molar-refractivity contribution in [2.24, 2.45) is 5.10 Å². The number of nitrogens with one attached hydrogen (secondary N) is 2. The number of aryl methyl sites for hydroxylation is 1. The Kier molecular flexibility index (Phi) is 4.95. The van der Waals surface area contributed by atoms with Crippen LogP contribution in [0.5, 0.6) is 0 Å². The third-order valence-corrected chi connectivity index (χ3v) is 5.40. The molecule has 2 aromatic carbocycles. The Hall–Kier alpha value is -3.20. The summed E-state index contributed by atoms with van der Waals surface area (Å²) < 4.78 is 31.6. The zero-order chi connectivity index (χ0) is 19.6. The molecule has 3 rings (SSSR count). The van der Waals surface area contributed by atoms with Crippen molar-refractivity contribution in [2.75, 3.05) is 7.11 Å². The molecule has 0 radical (unpaired) electrons. The van der Waals surface area contributed by atoms with E-state index in [1.54, 1.807) is 36.4 Å². The van der Waals surface area contributed by atoms with Crippen LogP contribution in [0.25, 0.3) is 0 Å². The summed E-state index contributed by atoms with van der Waals surface area (Å²) >= 11 is 0. The van der Waals surface area contributed by atoms with E-state index in [9.17, 15) is 18.0 Å². The van der Waals surface area contributed by atoms with Crippen LogP contribution in [-0.4, -0.2) is 33.1 Å². The number of esters is 1. The van der Waals surface area contributed by atoms with Crippen LogP contribution in [0.3, 0.4) is 0 Å². The lowest BCUT2D eigenvalue weighted by molar-refractivity contribution is -0.132. The number of benzene rings is 2. The number of rotatable bonds is 4. The Morgan fingerprint density at radius 3 is 2.44 bits per heavy atom. The van der Waals surface area contributed by atoms with Gasteiger partial charge in [-0.1, -0.05) is 42.0 Å². The van der Waals surface area contributed by atoms with Gasteiger partial charge in [-0.05, 0) is 24.6 Å². The molecule has 0 aromatic heterocycles. The minimum Gasteiger partial charge on any atom is -0.464 e. The first-order valence-corrected chi connectivity index (χ1v) is 9.46. The highest BCUT2D eigenvalue weighted by Crippen LogP contribution is 2.24. The van der Waals surface area contributed by atoms with Crippen molar-refractivity contribution in [3.8, 4) is 0 Å². The van der Waals surface area contributed by atoms with Gasteiger partial charge in [-0.15, -0.1) is 0 Å². The van der Waals surface area contributed by atoms with Gasteiger partial charge in [-0.2, -0.15) is 5.10 Å². The Bertz CT molecular complexity index is 1030. The van der Waals surface area contributed by atoms with Crippen LogP contribution in [0.2, 0.25) is 0 Å². The minimum atomic E-state index is -4.04. The van der Waals surface area contributed by atoms with Gasteiger partial charge in [0, 0.05) is 5.56 Å². The van der Waals surface area contributed by atoms with Gasteiger partial charge in [-0.25, -0.2) is 17.9 Å². The van der Waals surface area contributed by atoms with E-state index in [0.717, 1.165) is 5.56 Å². The minimum absolute atomic E-state index is 0.0125. The number of carbonyl (C=O) groups excluding carboxylic acids is 2. The predicted molar refractivity (Wildman–Crippen MR) is 97.4 cm³/mol. The highest BCUT2D eigenvalue weighted by Gasteiger charge is 2.33. The molecule has 1 unspecified atom stereocenters. The Labute approximate surface area is 156 Å². The number of sulfonamides is 1. The molecule has 9 heteroatoms. The van der Waals surface area contributed by atoms with Crippen LogP contribution < -0.4 is 10.1 Å². The predicted octanol–water partition coefficient (Wildman–Crippen LogP) is 1.02. The molecule has 8 nitrogen and oxygen atoms in total. The highest BCUT2D eigenvalue weighted by molar-refractivity contribution is 7.90. The molecular weight excluding hydrogens is 370 g/mol. The number of ether oxygens (including phenoxy) is 1. The summed E-state index contributed by atoms with van der Waals surface area (Å²) in [5.41, 5.74) is 4.26. The van der Waals surface area contributed by atoms with E-state index in [-0.39, 0.29) is 10.6 Å². The molecule has 27 heavy (non-hydrogen) atoms. The lowest BCUT2D eigenvalue weighted by Crippen LogP contribution is -2.42. The molecule has 1 aliphatic rings. The van der Waals surface area contributed by atoms with Crippen molar-refractivity contribution >= 4 is 27.6 Å². The third-order valence-electron chi connectivity index (χ3n) is 4.04. The Morgan fingerprint density at radius 1 is 1.11 bits per heavy atom. The fourth-order valence-electron chi connectivity index (χ4n) is 2.64. The van der Waals surface area contributed by atoms with Gasteiger partial charge in [-0.3, -0.25) is 10.2 Å². The average Bonchev–Trinajstić information content (AvgIpc) is 2.66. The van der Waals surface area contributed by atoms with Gasteiger partial charge in [0.25, 0.3) is 15.9 Å². The van der Waals surface area contributed by atoms with E-state index in [1.807, 2.05) is 11.6 Å². The third kappa shape index (κ3) is 3.68. The normalized spacial score (nSPS) is 15.8. The van der Waals surface area contributed by atoms with Crippen LogP contribution in [-0.2, 0) is 24.3 Å². The topological polar surface area (TPSA) is 114 Å². The Morgan fingerprint density at radius 2 is 1.78 bits per heavy atom. The summed E-state index contributed by atoms with van der Waals surface area (Å²) in [6.45, 7) is 1.83. The van der Waals surface area contributed by atoms with Crippen LogP contribution in [0.15, 0.2) is 58.5 Å². The number of methoxy groups -OCH3 is 1. The maximum absolute atomic E-state index is 12.6.